The molecule has 0 bridgehead atoms. The van der Waals surface area contributed by atoms with Crippen molar-refractivity contribution in [2.45, 2.75) is 13.0 Å². The van der Waals surface area contributed by atoms with Gasteiger partial charge < -0.3 is 16.8 Å². The molecule has 0 fully saturated rings. The fraction of sp³-hybridized carbons (Fsp3) is 0.444. The second-order valence-electron chi connectivity index (χ2n) is 3.17. The average molecular weight is 212 g/mol. The quantitative estimate of drug-likeness (QED) is 0.703. The van der Waals surface area contributed by atoms with Crippen LogP contribution in [0.2, 0.25) is 0 Å². The molecule has 0 aliphatic carbocycles. The highest BCUT2D eigenvalue weighted by Gasteiger charge is 2.03. The van der Waals surface area contributed by atoms with Crippen LogP contribution in [0, 0.1) is 0 Å². The minimum absolute atomic E-state index is 0.375. The summed E-state index contributed by atoms with van der Waals surface area (Å²) in [6.07, 6.45) is 2.07. The number of nitrogens with two attached hydrogens (primary N) is 2. The minimum Gasteiger partial charge on any atom is -0.396 e. The Kier molecular flexibility index (Phi) is 3.88. The highest BCUT2D eigenvalue weighted by Crippen LogP contribution is 2.15. The Bertz CT molecular complexity index is 303. The van der Waals surface area contributed by atoms with Crippen molar-refractivity contribution < 1.29 is 0 Å². The van der Waals surface area contributed by atoms with Gasteiger partial charge in [0.2, 0.25) is 0 Å². The molecule has 4 nitrogen and oxygen atoms in total. The maximum atomic E-state index is 5.59. The molecule has 1 rings (SSSR count). The van der Waals surface area contributed by atoms with E-state index in [-0.39, 0.29) is 0 Å². The molecule has 0 saturated carbocycles. The fourth-order valence-corrected chi connectivity index (χ4v) is 1.69. The molecule has 1 heterocycles. The van der Waals surface area contributed by atoms with Crippen LogP contribution in [0.5, 0.6) is 0 Å². The van der Waals surface area contributed by atoms with Gasteiger partial charge in [0.05, 0.1) is 5.69 Å². The largest absolute Gasteiger partial charge is 0.396 e. The first-order valence-electron chi connectivity index (χ1n) is 4.41. The molecule has 1 atom stereocenters. The van der Waals surface area contributed by atoms with Crippen LogP contribution >= 0.6 is 11.8 Å². The fourth-order valence-electron chi connectivity index (χ4n) is 1.11. The topological polar surface area (TPSA) is 77.0 Å². The predicted molar refractivity (Wildman–Crippen MR) is 64.5 cm³/mol. The lowest BCUT2D eigenvalue weighted by molar-refractivity contribution is 0.904. The number of nitrogen functional groups attached to an aromatic ring is 2. The van der Waals surface area contributed by atoms with Crippen molar-refractivity contribution >= 4 is 29.1 Å². The summed E-state index contributed by atoms with van der Waals surface area (Å²) in [5, 5.41) is 3.24. The van der Waals surface area contributed by atoms with Crippen LogP contribution in [0.4, 0.5) is 17.3 Å². The van der Waals surface area contributed by atoms with E-state index in [1.54, 1.807) is 17.8 Å². The Morgan fingerprint density at radius 1 is 1.50 bits per heavy atom. The van der Waals surface area contributed by atoms with Crippen molar-refractivity contribution in [1.82, 2.24) is 4.98 Å². The van der Waals surface area contributed by atoms with Crippen LogP contribution in [0.15, 0.2) is 12.1 Å². The van der Waals surface area contributed by atoms with Crippen molar-refractivity contribution in [3.8, 4) is 0 Å². The molecule has 5 heteroatoms. The van der Waals surface area contributed by atoms with Gasteiger partial charge in [-0.05, 0) is 25.3 Å². The zero-order valence-electron chi connectivity index (χ0n) is 8.45. The van der Waals surface area contributed by atoms with E-state index in [9.17, 15) is 0 Å². The van der Waals surface area contributed by atoms with Crippen LogP contribution in [0.1, 0.15) is 6.92 Å². The molecule has 0 aromatic carbocycles. The molecule has 0 aliphatic rings. The third kappa shape index (κ3) is 2.99. The lowest BCUT2D eigenvalue weighted by Crippen LogP contribution is -2.18. The summed E-state index contributed by atoms with van der Waals surface area (Å²) < 4.78 is 0. The SMILES string of the molecule is CSCC(C)Nc1ccc(N)c(N)n1. The van der Waals surface area contributed by atoms with Gasteiger partial charge in [0.1, 0.15) is 11.6 Å². The Balaban J connectivity index is 2.63. The lowest BCUT2D eigenvalue weighted by Gasteiger charge is -2.13. The second-order valence-corrected chi connectivity index (χ2v) is 4.08. The first-order valence-corrected chi connectivity index (χ1v) is 5.80. The molecule has 0 spiro atoms. The number of rotatable bonds is 4. The van der Waals surface area contributed by atoms with E-state index in [2.05, 4.69) is 23.5 Å². The molecule has 5 N–H and O–H groups in total. The Labute approximate surface area is 88.5 Å². The van der Waals surface area contributed by atoms with Crippen LogP contribution in [-0.4, -0.2) is 23.0 Å². The van der Waals surface area contributed by atoms with E-state index in [1.165, 1.54) is 0 Å². The van der Waals surface area contributed by atoms with E-state index >= 15 is 0 Å². The van der Waals surface area contributed by atoms with E-state index < -0.39 is 0 Å². The van der Waals surface area contributed by atoms with E-state index in [4.69, 9.17) is 11.5 Å². The van der Waals surface area contributed by atoms with Gasteiger partial charge in [0, 0.05) is 11.8 Å². The molecular formula is C9H16N4S. The number of aromatic nitrogens is 1. The van der Waals surface area contributed by atoms with Crippen molar-refractivity contribution in [3.05, 3.63) is 12.1 Å². The molecule has 78 valence electrons. The van der Waals surface area contributed by atoms with Gasteiger partial charge in [-0.1, -0.05) is 0 Å². The van der Waals surface area contributed by atoms with Gasteiger partial charge in [0.15, 0.2) is 0 Å². The van der Waals surface area contributed by atoms with Gasteiger partial charge in [-0.3, -0.25) is 0 Å². The summed E-state index contributed by atoms with van der Waals surface area (Å²) in [5.41, 5.74) is 11.7. The molecule has 1 aromatic rings. The smallest absolute Gasteiger partial charge is 0.149 e. The Morgan fingerprint density at radius 2 is 2.21 bits per heavy atom. The third-order valence-electron chi connectivity index (χ3n) is 1.77. The molecule has 14 heavy (non-hydrogen) atoms. The summed E-state index contributed by atoms with van der Waals surface area (Å²) in [6.45, 7) is 2.10. The zero-order chi connectivity index (χ0) is 10.6. The second kappa shape index (κ2) is 4.95. The molecule has 0 amide bonds. The van der Waals surface area contributed by atoms with E-state index in [1.807, 2.05) is 6.07 Å². The predicted octanol–water partition coefficient (Wildman–Crippen LogP) is 1.41. The van der Waals surface area contributed by atoms with Crippen LogP contribution in [0.25, 0.3) is 0 Å². The van der Waals surface area contributed by atoms with E-state index in [0.29, 0.717) is 17.5 Å². The summed E-state index contributed by atoms with van der Waals surface area (Å²) in [6, 6.07) is 3.97. The molecular weight excluding hydrogens is 196 g/mol. The van der Waals surface area contributed by atoms with Gasteiger partial charge in [0.25, 0.3) is 0 Å². The zero-order valence-corrected chi connectivity index (χ0v) is 9.27. The molecule has 0 saturated heterocycles. The molecule has 0 aliphatic heterocycles. The number of hydrogen-bond acceptors (Lipinski definition) is 5. The van der Waals surface area contributed by atoms with Crippen LogP contribution < -0.4 is 16.8 Å². The van der Waals surface area contributed by atoms with Gasteiger partial charge in [-0.25, -0.2) is 4.98 Å². The summed E-state index contributed by atoms with van der Waals surface area (Å²) in [7, 11) is 0. The number of nitrogens with one attached hydrogen (secondary N) is 1. The number of pyridine rings is 1. The summed E-state index contributed by atoms with van der Waals surface area (Å²) >= 11 is 1.79. The Hall–Kier alpha value is -1.10. The van der Waals surface area contributed by atoms with Crippen LogP contribution in [-0.2, 0) is 0 Å². The Morgan fingerprint density at radius 3 is 2.79 bits per heavy atom. The number of anilines is 3. The number of thioether (sulfide) groups is 1. The molecule has 0 radical (unpaired) electrons. The number of nitrogens with zero attached hydrogens (tertiary/aromatic N) is 1. The minimum atomic E-state index is 0.375. The maximum absolute atomic E-state index is 5.59. The number of hydrogen-bond donors (Lipinski definition) is 3. The van der Waals surface area contributed by atoms with Crippen LogP contribution in [0.3, 0.4) is 0 Å². The van der Waals surface area contributed by atoms with Crippen molar-refractivity contribution in [2.24, 2.45) is 0 Å². The summed E-state index contributed by atoms with van der Waals surface area (Å²) in [4.78, 5) is 4.13. The van der Waals surface area contributed by atoms with Crippen molar-refractivity contribution in [3.63, 3.8) is 0 Å². The molecule has 1 aromatic heterocycles. The monoisotopic (exact) mass is 212 g/mol. The highest BCUT2D eigenvalue weighted by molar-refractivity contribution is 7.98. The normalized spacial score (nSPS) is 12.4. The van der Waals surface area contributed by atoms with Gasteiger partial charge >= 0.3 is 0 Å². The first kappa shape index (κ1) is 11.0. The first-order chi connectivity index (χ1) is 6.63. The summed E-state index contributed by atoms with van der Waals surface area (Å²) in [5.74, 6) is 2.19. The third-order valence-corrected chi connectivity index (χ3v) is 2.60. The molecule has 1 unspecified atom stereocenters. The lowest BCUT2D eigenvalue weighted by atomic mass is 10.3. The average Bonchev–Trinajstić information content (AvgIpc) is 2.12. The highest BCUT2D eigenvalue weighted by atomic mass is 32.2. The standard InChI is InChI=1S/C9H16N4S/c1-6(5-14-2)12-8-4-3-7(10)9(11)13-8/h3-4,6H,5,10H2,1-2H3,(H3,11,12,13). The van der Waals surface area contributed by atoms with Gasteiger partial charge in [-0.2, -0.15) is 11.8 Å². The van der Waals surface area contributed by atoms with Crippen molar-refractivity contribution in [2.75, 3.05) is 28.8 Å². The maximum Gasteiger partial charge on any atom is 0.149 e. The van der Waals surface area contributed by atoms with Crippen molar-refractivity contribution in [1.29, 1.82) is 0 Å². The van der Waals surface area contributed by atoms with E-state index in [0.717, 1.165) is 11.6 Å². The van der Waals surface area contributed by atoms with Gasteiger partial charge in [-0.15, -0.1) is 0 Å².